The van der Waals surface area contributed by atoms with Gasteiger partial charge in [-0.05, 0) is 52.5 Å². The van der Waals surface area contributed by atoms with Crippen LogP contribution < -0.4 is 14.8 Å². The largest absolute Gasteiger partial charge is 0.493 e. The molecule has 0 aliphatic heterocycles. The highest BCUT2D eigenvalue weighted by Gasteiger charge is 2.13. The molecule has 1 unspecified atom stereocenters. The number of benzene rings is 2. The maximum Gasteiger partial charge on any atom is 0.175 e. The van der Waals surface area contributed by atoms with E-state index in [2.05, 4.69) is 52.4 Å². The molecule has 0 spiro atoms. The van der Waals surface area contributed by atoms with Gasteiger partial charge in [-0.2, -0.15) is 0 Å². The van der Waals surface area contributed by atoms with Gasteiger partial charge in [0, 0.05) is 12.6 Å². The maximum absolute atomic E-state index is 9.28. The van der Waals surface area contributed by atoms with Crippen LogP contribution in [0.15, 0.2) is 40.9 Å². The van der Waals surface area contributed by atoms with Crippen LogP contribution in [0.4, 0.5) is 0 Å². The Morgan fingerprint density at radius 3 is 2.48 bits per heavy atom. The number of halogens is 1. The van der Waals surface area contributed by atoms with Gasteiger partial charge in [0.2, 0.25) is 0 Å². The minimum Gasteiger partial charge on any atom is -0.493 e. The molecule has 2 rings (SSSR count). The van der Waals surface area contributed by atoms with Gasteiger partial charge in [-0.25, -0.2) is 0 Å². The molecule has 0 saturated carbocycles. The molecular formula is C20H26BrNO3. The fourth-order valence-electron chi connectivity index (χ4n) is 2.46. The minimum atomic E-state index is 0.0993. The van der Waals surface area contributed by atoms with E-state index in [0.29, 0.717) is 24.7 Å². The molecule has 0 heterocycles. The predicted octanol–water partition coefficient (Wildman–Crippen LogP) is 4.21. The molecule has 2 N–H and O–H groups in total. The number of rotatable bonds is 9. The molecule has 0 saturated heterocycles. The molecule has 4 nitrogen and oxygen atoms in total. The van der Waals surface area contributed by atoms with Crippen molar-refractivity contribution in [1.29, 1.82) is 0 Å². The number of hydrogen-bond donors (Lipinski definition) is 2. The summed E-state index contributed by atoms with van der Waals surface area (Å²) in [6.07, 6.45) is 0.881. The van der Waals surface area contributed by atoms with Crippen molar-refractivity contribution >= 4 is 15.9 Å². The molecule has 0 aliphatic rings. The monoisotopic (exact) mass is 407 g/mol. The average Bonchev–Trinajstić information content (AvgIpc) is 2.62. The quantitative estimate of drug-likeness (QED) is 0.653. The molecule has 0 bridgehead atoms. The zero-order chi connectivity index (χ0) is 18.2. The van der Waals surface area contributed by atoms with Crippen LogP contribution in [0.3, 0.4) is 0 Å². The van der Waals surface area contributed by atoms with E-state index in [9.17, 15) is 5.11 Å². The minimum absolute atomic E-state index is 0.0993. The highest BCUT2D eigenvalue weighted by molar-refractivity contribution is 9.10. The predicted molar refractivity (Wildman–Crippen MR) is 104 cm³/mol. The maximum atomic E-state index is 9.28. The molecule has 1 atom stereocenters. The Labute approximate surface area is 158 Å². The smallest absolute Gasteiger partial charge is 0.175 e. The van der Waals surface area contributed by atoms with Crippen LogP contribution in [0.1, 0.15) is 30.0 Å². The van der Waals surface area contributed by atoms with Crippen molar-refractivity contribution in [2.24, 2.45) is 0 Å². The average molecular weight is 408 g/mol. The zero-order valence-electron chi connectivity index (χ0n) is 15.0. The van der Waals surface area contributed by atoms with E-state index in [1.165, 1.54) is 5.56 Å². The number of ether oxygens (including phenoxy) is 2. The fraction of sp³-hybridized carbons (Fsp3) is 0.400. The van der Waals surface area contributed by atoms with Gasteiger partial charge in [0.1, 0.15) is 6.61 Å². The lowest BCUT2D eigenvalue weighted by molar-refractivity contribution is 0.238. The third-order valence-electron chi connectivity index (χ3n) is 4.10. The molecule has 25 heavy (non-hydrogen) atoms. The number of aryl methyl sites for hydroxylation is 1. The Kier molecular flexibility index (Phi) is 7.75. The number of aliphatic hydroxyl groups excluding tert-OH is 1. The molecule has 5 heteroatoms. The van der Waals surface area contributed by atoms with Gasteiger partial charge in [-0.3, -0.25) is 0 Å². The second-order valence-electron chi connectivity index (χ2n) is 6.05. The summed E-state index contributed by atoms with van der Waals surface area (Å²) in [6.45, 7) is 5.39. The number of hydrogen-bond acceptors (Lipinski definition) is 4. The Balaban J connectivity index is 2.09. The topological polar surface area (TPSA) is 50.7 Å². The number of nitrogens with one attached hydrogen (secondary N) is 1. The first kappa shape index (κ1) is 19.8. The van der Waals surface area contributed by atoms with Gasteiger partial charge < -0.3 is 19.9 Å². The van der Waals surface area contributed by atoms with Crippen molar-refractivity contribution in [3.05, 3.63) is 57.6 Å². The van der Waals surface area contributed by atoms with E-state index < -0.39 is 0 Å². The third-order valence-corrected chi connectivity index (χ3v) is 4.69. The third kappa shape index (κ3) is 5.73. The normalized spacial score (nSPS) is 12.0. The summed E-state index contributed by atoms with van der Waals surface area (Å²) < 4.78 is 12.3. The van der Waals surface area contributed by atoms with Crippen LogP contribution in [-0.2, 0) is 13.2 Å². The summed E-state index contributed by atoms with van der Waals surface area (Å²) in [5.74, 6) is 1.39. The van der Waals surface area contributed by atoms with E-state index in [1.54, 1.807) is 7.11 Å². The van der Waals surface area contributed by atoms with Crippen molar-refractivity contribution < 1.29 is 14.6 Å². The van der Waals surface area contributed by atoms with Crippen LogP contribution in [0.25, 0.3) is 0 Å². The van der Waals surface area contributed by atoms with Crippen molar-refractivity contribution in [3.63, 3.8) is 0 Å². The molecule has 0 fully saturated rings. The molecule has 2 aromatic rings. The van der Waals surface area contributed by atoms with Gasteiger partial charge in [-0.15, -0.1) is 0 Å². The first-order valence-electron chi connectivity index (χ1n) is 8.46. The van der Waals surface area contributed by atoms with Gasteiger partial charge in [-0.1, -0.05) is 36.8 Å². The fourth-order valence-corrected chi connectivity index (χ4v) is 3.06. The first-order chi connectivity index (χ1) is 12.1. The molecule has 136 valence electrons. The van der Waals surface area contributed by atoms with Gasteiger partial charge in [0.25, 0.3) is 0 Å². The van der Waals surface area contributed by atoms with E-state index >= 15 is 0 Å². The van der Waals surface area contributed by atoms with Crippen molar-refractivity contribution in [2.45, 2.75) is 39.5 Å². The molecule has 0 radical (unpaired) electrons. The van der Waals surface area contributed by atoms with Crippen LogP contribution in [0.2, 0.25) is 0 Å². The van der Waals surface area contributed by atoms with Crippen molar-refractivity contribution in [1.82, 2.24) is 5.32 Å². The van der Waals surface area contributed by atoms with Crippen LogP contribution >= 0.6 is 15.9 Å². The molecule has 0 aliphatic carbocycles. The summed E-state index contributed by atoms with van der Waals surface area (Å²) in [5, 5.41) is 12.6. The van der Waals surface area contributed by atoms with Crippen molar-refractivity contribution in [3.8, 4) is 11.5 Å². The Hall–Kier alpha value is -1.56. The van der Waals surface area contributed by atoms with Crippen LogP contribution in [0.5, 0.6) is 11.5 Å². The van der Waals surface area contributed by atoms with Gasteiger partial charge >= 0.3 is 0 Å². The number of aliphatic hydroxyl groups is 1. The Morgan fingerprint density at radius 1 is 1.16 bits per heavy atom. The SMILES string of the molecule is CCC(CO)NCc1cc(Br)c(OCc2ccc(C)cc2)c(OC)c1. The molecular weight excluding hydrogens is 382 g/mol. The summed E-state index contributed by atoms with van der Waals surface area (Å²) in [4.78, 5) is 0. The van der Waals surface area contributed by atoms with Crippen LogP contribution in [-0.4, -0.2) is 24.9 Å². The molecule has 2 aromatic carbocycles. The summed E-state index contributed by atoms with van der Waals surface area (Å²) in [5.41, 5.74) is 3.41. The van der Waals surface area contributed by atoms with Crippen molar-refractivity contribution in [2.75, 3.05) is 13.7 Å². The lowest BCUT2D eigenvalue weighted by Crippen LogP contribution is -2.31. The highest BCUT2D eigenvalue weighted by Crippen LogP contribution is 2.37. The first-order valence-corrected chi connectivity index (χ1v) is 9.25. The summed E-state index contributed by atoms with van der Waals surface area (Å²) in [7, 11) is 1.64. The lowest BCUT2D eigenvalue weighted by Gasteiger charge is -2.17. The standard InChI is InChI=1S/C20H26BrNO3/c1-4-17(12-23)22-11-16-9-18(21)20(19(10-16)24-3)25-13-15-7-5-14(2)6-8-15/h5-10,17,22-23H,4,11-13H2,1-3H3. The second-order valence-corrected chi connectivity index (χ2v) is 6.91. The highest BCUT2D eigenvalue weighted by atomic mass is 79.9. The van der Waals surface area contributed by atoms with Crippen LogP contribution in [0, 0.1) is 6.92 Å². The second kappa shape index (κ2) is 9.80. The van der Waals surface area contributed by atoms with E-state index in [0.717, 1.165) is 22.0 Å². The summed E-state index contributed by atoms with van der Waals surface area (Å²) in [6, 6.07) is 12.4. The molecule has 0 aromatic heterocycles. The number of methoxy groups -OCH3 is 1. The van der Waals surface area contributed by atoms with E-state index in [-0.39, 0.29) is 12.6 Å². The lowest BCUT2D eigenvalue weighted by atomic mass is 10.1. The zero-order valence-corrected chi connectivity index (χ0v) is 16.6. The Morgan fingerprint density at radius 2 is 1.88 bits per heavy atom. The van der Waals surface area contributed by atoms with Gasteiger partial charge in [0.05, 0.1) is 18.2 Å². The molecule has 0 amide bonds. The Bertz CT molecular complexity index is 669. The summed E-state index contributed by atoms with van der Waals surface area (Å²) >= 11 is 3.58. The van der Waals surface area contributed by atoms with Gasteiger partial charge in [0.15, 0.2) is 11.5 Å². The van der Waals surface area contributed by atoms with E-state index in [4.69, 9.17) is 9.47 Å². The van der Waals surface area contributed by atoms with E-state index in [1.807, 2.05) is 19.1 Å².